The van der Waals surface area contributed by atoms with E-state index in [0.717, 1.165) is 16.8 Å². The smallest absolute Gasteiger partial charge is 0.306 e. The van der Waals surface area contributed by atoms with Crippen molar-refractivity contribution in [3.8, 4) is 0 Å². The molecule has 1 atom stereocenters. The number of carbonyl (C=O) groups excluding carboxylic acids is 3. The fraction of sp³-hybridized carbons (Fsp3) is 0.348. The summed E-state index contributed by atoms with van der Waals surface area (Å²) in [7, 11) is 0. The zero-order chi connectivity index (χ0) is 21.7. The van der Waals surface area contributed by atoms with Crippen LogP contribution in [0.2, 0.25) is 0 Å². The summed E-state index contributed by atoms with van der Waals surface area (Å²) in [5, 5.41) is 2.68. The molecule has 0 aromatic heterocycles. The number of amides is 2. The van der Waals surface area contributed by atoms with Gasteiger partial charge in [0.1, 0.15) is 5.37 Å². The van der Waals surface area contributed by atoms with E-state index in [4.69, 9.17) is 4.74 Å². The Balaban J connectivity index is 1.67. The van der Waals surface area contributed by atoms with Gasteiger partial charge in [0.25, 0.3) is 0 Å². The molecule has 0 saturated carbocycles. The first-order valence-corrected chi connectivity index (χ1v) is 11.0. The summed E-state index contributed by atoms with van der Waals surface area (Å²) in [5.41, 5.74) is 4.89. The minimum atomic E-state index is -0.377. The van der Waals surface area contributed by atoms with Crippen molar-refractivity contribution in [3.05, 3.63) is 59.2 Å². The Bertz CT molecular complexity index is 943. The Morgan fingerprint density at radius 1 is 1.10 bits per heavy atom. The van der Waals surface area contributed by atoms with Gasteiger partial charge in [-0.05, 0) is 61.7 Å². The van der Waals surface area contributed by atoms with Crippen LogP contribution in [0.3, 0.4) is 0 Å². The van der Waals surface area contributed by atoms with Gasteiger partial charge in [-0.25, -0.2) is 0 Å². The first-order valence-electron chi connectivity index (χ1n) is 9.95. The molecule has 7 heteroatoms. The van der Waals surface area contributed by atoms with E-state index >= 15 is 0 Å². The SMILES string of the molecule is CCOC(=O)CCC(=O)Nc1ccc([C@@H]2SCC(=O)N2c2ccc(C)c(C)c2)cc1. The molecular formula is C23H26N2O4S. The Morgan fingerprint density at radius 2 is 1.83 bits per heavy atom. The highest BCUT2D eigenvalue weighted by atomic mass is 32.2. The van der Waals surface area contributed by atoms with E-state index < -0.39 is 0 Å². The van der Waals surface area contributed by atoms with Crippen LogP contribution in [0.15, 0.2) is 42.5 Å². The average molecular weight is 427 g/mol. The van der Waals surface area contributed by atoms with Gasteiger partial charge in [0, 0.05) is 17.8 Å². The normalized spacial score (nSPS) is 15.9. The summed E-state index contributed by atoms with van der Waals surface area (Å²) in [4.78, 5) is 37.8. The second-order valence-corrected chi connectivity index (χ2v) is 8.24. The Labute approximate surface area is 181 Å². The van der Waals surface area contributed by atoms with Crippen LogP contribution in [0.4, 0.5) is 11.4 Å². The molecule has 0 radical (unpaired) electrons. The van der Waals surface area contributed by atoms with Gasteiger partial charge < -0.3 is 10.1 Å². The number of aryl methyl sites for hydroxylation is 2. The number of ether oxygens (including phenoxy) is 1. The van der Waals surface area contributed by atoms with Gasteiger partial charge in [-0.2, -0.15) is 0 Å². The van der Waals surface area contributed by atoms with Crippen LogP contribution in [-0.2, 0) is 19.1 Å². The van der Waals surface area contributed by atoms with E-state index in [1.807, 2.05) is 54.3 Å². The maximum absolute atomic E-state index is 12.6. The van der Waals surface area contributed by atoms with Crippen LogP contribution in [0.25, 0.3) is 0 Å². The van der Waals surface area contributed by atoms with E-state index in [1.165, 1.54) is 5.56 Å². The van der Waals surface area contributed by atoms with Crippen LogP contribution in [0.1, 0.15) is 41.8 Å². The fourth-order valence-corrected chi connectivity index (χ4v) is 4.41. The summed E-state index contributed by atoms with van der Waals surface area (Å²) in [5.74, 6) is -0.0934. The first kappa shape index (κ1) is 21.9. The molecule has 0 spiro atoms. The number of nitrogens with one attached hydrogen (secondary N) is 1. The summed E-state index contributed by atoms with van der Waals surface area (Å²) in [6.07, 6.45) is 0.137. The minimum absolute atomic E-state index is 0.0590. The highest BCUT2D eigenvalue weighted by Gasteiger charge is 2.34. The van der Waals surface area contributed by atoms with Crippen molar-refractivity contribution in [3.63, 3.8) is 0 Å². The molecule has 6 nitrogen and oxygen atoms in total. The summed E-state index contributed by atoms with van der Waals surface area (Å²) < 4.78 is 4.83. The Kier molecular flexibility index (Phi) is 7.15. The zero-order valence-electron chi connectivity index (χ0n) is 17.4. The van der Waals surface area contributed by atoms with Crippen LogP contribution in [-0.4, -0.2) is 30.1 Å². The van der Waals surface area contributed by atoms with Gasteiger partial charge in [-0.1, -0.05) is 18.2 Å². The van der Waals surface area contributed by atoms with Crippen molar-refractivity contribution >= 4 is 40.9 Å². The number of esters is 1. The van der Waals surface area contributed by atoms with Crippen molar-refractivity contribution in [2.45, 2.75) is 39.0 Å². The molecule has 0 aliphatic carbocycles. The third kappa shape index (κ3) is 5.21. The lowest BCUT2D eigenvalue weighted by atomic mass is 10.1. The minimum Gasteiger partial charge on any atom is -0.466 e. The van der Waals surface area contributed by atoms with Crippen molar-refractivity contribution in [1.29, 1.82) is 0 Å². The van der Waals surface area contributed by atoms with Crippen LogP contribution in [0.5, 0.6) is 0 Å². The first-order chi connectivity index (χ1) is 14.4. The molecule has 1 saturated heterocycles. The number of carbonyl (C=O) groups is 3. The van der Waals surface area contributed by atoms with Crippen molar-refractivity contribution < 1.29 is 19.1 Å². The Hall–Kier alpha value is -2.80. The molecule has 0 unspecified atom stereocenters. The average Bonchev–Trinajstić information content (AvgIpc) is 3.11. The molecule has 158 valence electrons. The third-order valence-electron chi connectivity index (χ3n) is 4.98. The molecule has 1 N–H and O–H groups in total. The molecule has 1 heterocycles. The molecular weight excluding hydrogens is 400 g/mol. The quantitative estimate of drug-likeness (QED) is 0.666. The maximum Gasteiger partial charge on any atom is 0.306 e. The molecule has 2 amide bonds. The fourth-order valence-electron chi connectivity index (χ4n) is 3.23. The lowest BCUT2D eigenvalue weighted by Gasteiger charge is -2.25. The highest BCUT2D eigenvalue weighted by Crippen LogP contribution is 2.42. The van der Waals surface area contributed by atoms with E-state index in [-0.39, 0.29) is 36.0 Å². The van der Waals surface area contributed by atoms with E-state index in [9.17, 15) is 14.4 Å². The zero-order valence-corrected chi connectivity index (χ0v) is 18.3. The van der Waals surface area contributed by atoms with E-state index in [1.54, 1.807) is 18.7 Å². The van der Waals surface area contributed by atoms with Gasteiger partial charge in [0.15, 0.2) is 0 Å². The molecule has 2 aromatic rings. The second kappa shape index (κ2) is 9.80. The van der Waals surface area contributed by atoms with E-state index in [0.29, 0.717) is 18.0 Å². The van der Waals surface area contributed by atoms with Gasteiger partial charge >= 0.3 is 5.97 Å². The second-order valence-electron chi connectivity index (χ2n) is 7.17. The molecule has 3 rings (SSSR count). The van der Waals surface area contributed by atoms with Crippen LogP contribution in [0, 0.1) is 13.8 Å². The predicted molar refractivity (Wildman–Crippen MR) is 120 cm³/mol. The standard InChI is InChI=1S/C23H26N2O4S/c1-4-29-22(28)12-11-20(26)24-18-8-6-17(7-9-18)23-25(21(27)14-30-23)19-10-5-15(2)16(3)13-19/h5-10,13,23H,4,11-12,14H2,1-3H3,(H,24,26)/t23-/m0/s1. The number of hydrogen-bond acceptors (Lipinski definition) is 5. The lowest BCUT2D eigenvalue weighted by Crippen LogP contribution is -2.27. The van der Waals surface area contributed by atoms with Crippen molar-refractivity contribution in [2.75, 3.05) is 22.6 Å². The number of benzene rings is 2. The number of rotatable bonds is 7. The van der Waals surface area contributed by atoms with Gasteiger partial charge in [-0.15, -0.1) is 11.8 Å². The topological polar surface area (TPSA) is 75.7 Å². The monoisotopic (exact) mass is 426 g/mol. The molecule has 0 bridgehead atoms. The van der Waals surface area contributed by atoms with Crippen LogP contribution >= 0.6 is 11.8 Å². The number of anilines is 2. The maximum atomic E-state index is 12.6. The highest BCUT2D eigenvalue weighted by molar-refractivity contribution is 8.00. The van der Waals surface area contributed by atoms with Crippen molar-refractivity contribution in [2.24, 2.45) is 0 Å². The van der Waals surface area contributed by atoms with Gasteiger partial charge in [-0.3, -0.25) is 19.3 Å². The lowest BCUT2D eigenvalue weighted by molar-refractivity contribution is -0.144. The predicted octanol–water partition coefficient (Wildman–Crippen LogP) is 4.36. The summed E-state index contributed by atoms with van der Waals surface area (Å²) in [6, 6.07) is 13.5. The summed E-state index contributed by atoms with van der Waals surface area (Å²) >= 11 is 1.59. The number of hydrogen-bond donors (Lipinski definition) is 1. The molecule has 1 fully saturated rings. The number of nitrogens with zero attached hydrogens (tertiary/aromatic N) is 1. The molecule has 1 aliphatic rings. The molecule has 1 aliphatic heterocycles. The van der Waals surface area contributed by atoms with Gasteiger partial charge in [0.2, 0.25) is 11.8 Å². The van der Waals surface area contributed by atoms with Crippen molar-refractivity contribution in [1.82, 2.24) is 0 Å². The number of thioether (sulfide) groups is 1. The Morgan fingerprint density at radius 3 is 2.50 bits per heavy atom. The summed E-state index contributed by atoms with van der Waals surface area (Å²) in [6.45, 7) is 6.14. The largest absolute Gasteiger partial charge is 0.466 e. The molecule has 30 heavy (non-hydrogen) atoms. The molecule has 2 aromatic carbocycles. The van der Waals surface area contributed by atoms with Crippen LogP contribution < -0.4 is 10.2 Å². The third-order valence-corrected chi connectivity index (χ3v) is 6.19. The van der Waals surface area contributed by atoms with Gasteiger partial charge in [0.05, 0.1) is 18.8 Å². The van der Waals surface area contributed by atoms with E-state index in [2.05, 4.69) is 12.2 Å².